The molecule has 0 aliphatic carbocycles. The van der Waals surface area contributed by atoms with Crippen molar-refractivity contribution in [2.45, 2.75) is 45.1 Å². The fourth-order valence-electron chi connectivity index (χ4n) is 2.67. The third kappa shape index (κ3) is 3.34. The van der Waals surface area contributed by atoms with Gasteiger partial charge in [0.2, 0.25) is 0 Å². The second-order valence-corrected chi connectivity index (χ2v) is 5.06. The molecule has 2 atom stereocenters. The highest BCUT2D eigenvalue weighted by Crippen LogP contribution is 2.19. The molecular weight excluding hydrogens is 194 g/mol. The maximum absolute atomic E-state index is 3.66. The molecule has 1 aromatic carbocycles. The van der Waals surface area contributed by atoms with E-state index in [9.17, 15) is 0 Å². The van der Waals surface area contributed by atoms with Crippen LogP contribution in [0.25, 0.3) is 0 Å². The Labute approximate surface area is 99.3 Å². The van der Waals surface area contributed by atoms with Crippen LogP contribution in [-0.4, -0.2) is 12.6 Å². The third-order valence-corrected chi connectivity index (χ3v) is 3.75. The number of benzene rings is 1. The van der Waals surface area contributed by atoms with Crippen LogP contribution in [0, 0.1) is 5.92 Å². The van der Waals surface area contributed by atoms with Gasteiger partial charge in [0.25, 0.3) is 0 Å². The van der Waals surface area contributed by atoms with Crippen molar-refractivity contribution in [1.29, 1.82) is 0 Å². The third-order valence-electron chi connectivity index (χ3n) is 3.75. The van der Waals surface area contributed by atoms with Gasteiger partial charge < -0.3 is 5.32 Å². The Balaban J connectivity index is 1.71. The van der Waals surface area contributed by atoms with E-state index in [1.165, 1.54) is 44.2 Å². The first-order valence-corrected chi connectivity index (χ1v) is 6.63. The van der Waals surface area contributed by atoms with Gasteiger partial charge in [0.05, 0.1) is 0 Å². The summed E-state index contributed by atoms with van der Waals surface area (Å²) in [7, 11) is 0. The summed E-state index contributed by atoms with van der Waals surface area (Å²) in [5, 5.41) is 3.66. The van der Waals surface area contributed by atoms with Gasteiger partial charge in [0.1, 0.15) is 0 Å². The molecule has 0 saturated carbocycles. The summed E-state index contributed by atoms with van der Waals surface area (Å²) in [6, 6.07) is 11.6. The quantitative estimate of drug-likeness (QED) is 0.815. The fraction of sp³-hybridized carbons (Fsp3) is 0.600. The van der Waals surface area contributed by atoms with E-state index in [4.69, 9.17) is 0 Å². The number of hydrogen-bond donors (Lipinski definition) is 1. The molecule has 2 unspecified atom stereocenters. The van der Waals surface area contributed by atoms with Crippen molar-refractivity contribution in [3.63, 3.8) is 0 Å². The predicted molar refractivity (Wildman–Crippen MR) is 69.6 cm³/mol. The topological polar surface area (TPSA) is 12.0 Å². The van der Waals surface area contributed by atoms with Gasteiger partial charge in [-0.05, 0) is 50.1 Å². The van der Waals surface area contributed by atoms with Crippen LogP contribution in [0.15, 0.2) is 30.3 Å². The molecule has 0 aromatic heterocycles. The summed E-state index contributed by atoms with van der Waals surface area (Å²) in [4.78, 5) is 0. The number of aryl methyl sites for hydroxylation is 1. The van der Waals surface area contributed by atoms with E-state index in [2.05, 4.69) is 42.6 Å². The number of rotatable bonds is 4. The molecule has 1 heteroatoms. The fourth-order valence-corrected chi connectivity index (χ4v) is 2.67. The molecule has 1 heterocycles. The maximum Gasteiger partial charge on any atom is 0.00928 e. The van der Waals surface area contributed by atoms with Crippen molar-refractivity contribution < 1.29 is 0 Å². The molecular formula is C15H23N. The van der Waals surface area contributed by atoms with Crippen LogP contribution in [-0.2, 0) is 6.42 Å². The molecule has 1 fully saturated rings. The molecule has 0 amide bonds. The van der Waals surface area contributed by atoms with Crippen LogP contribution in [0.2, 0.25) is 0 Å². The smallest absolute Gasteiger partial charge is 0.00928 e. The van der Waals surface area contributed by atoms with Gasteiger partial charge >= 0.3 is 0 Å². The summed E-state index contributed by atoms with van der Waals surface area (Å²) in [6.07, 6.45) is 6.63. The number of nitrogens with one attached hydrogen (secondary N) is 1. The van der Waals surface area contributed by atoms with Crippen molar-refractivity contribution in [2.24, 2.45) is 5.92 Å². The molecule has 1 N–H and O–H groups in total. The number of hydrogen-bond acceptors (Lipinski definition) is 1. The Hall–Kier alpha value is -0.820. The lowest BCUT2D eigenvalue weighted by Gasteiger charge is -2.30. The Bertz CT molecular complexity index is 294. The highest BCUT2D eigenvalue weighted by atomic mass is 14.9. The van der Waals surface area contributed by atoms with E-state index in [0.717, 1.165) is 12.0 Å². The van der Waals surface area contributed by atoms with Gasteiger partial charge in [-0.15, -0.1) is 0 Å². The molecule has 2 rings (SSSR count). The second-order valence-electron chi connectivity index (χ2n) is 5.06. The molecule has 88 valence electrons. The van der Waals surface area contributed by atoms with Crippen LogP contribution >= 0.6 is 0 Å². The first kappa shape index (κ1) is 11.7. The Kier molecular flexibility index (Phi) is 4.41. The molecule has 0 spiro atoms. The van der Waals surface area contributed by atoms with Gasteiger partial charge in [-0.3, -0.25) is 0 Å². The summed E-state index contributed by atoms with van der Waals surface area (Å²) in [5.74, 6) is 0.865. The van der Waals surface area contributed by atoms with Crippen molar-refractivity contribution >= 4 is 0 Å². The molecule has 16 heavy (non-hydrogen) atoms. The zero-order chi connectivity index (χ0) is 11.2. The van der Waals surface area contributed by atoms with E-state index in [1.807, 2.05) is 0 Å². The van der Waals surface area contributed by atoms with Crippen LogP contribution in [0.5, 0.6) is 0 Å². The Morgan fingerprint density at radius 2 is 2.06 bits per heavy atom. The van der Waals surface area contributed by atoms with Crippen LogP contribution in [0.3, 0.4) is 0 Å². The van der Waals surface area contributed by atoms with Crippen molar-refractivity contribution in [1.82, 2.24) is 5.32 Å². The standard InChI is InChI=1S/C15H23N/c1-13-7-6-12-16-15(13)11-5-10-14-8-3-2-4-9-14/h2-4,8-9,13,15-16H,5-7,10-12H2,1H3. The van der Waals surface area contributed by atoms with E-state index in [0.29, 0.717) is 0 Å². The maximum atomic E-state index is 3.66. The van der Waals surface area contributed by atoms with Gasteiger partial charge in [-0.2, -0.15) is 0 Å². The normalized spacial score (nSPS) is 25.6. The average molecular weight is 217 g/mol. The Morgan fingerprint density at radius 3 is 2.81 bits per heavy atom. The minimum absolute atomic E-state index is 0.762. The average Bonchev–Trinajstić information content (AvgIpc) is 2.33. The minimum atomic E-state index is 0.762. The van der Waals surface area contributed by atoms with Crippen molar-refractivity contribution in [2.75, 3.05) is 6.54 Å². The van der Waals surface area contributed by atoms with E-state index >= 15 is 0 Å². The lowest BCUT2D eigenvalue weighted by molar-refractivity contribution is 0.282. The molecule has 1 saturated heterocycles. The summed E-state index contributed by atoms with van der Waals surface area (Å²) < 4.78 is 0. The molecule has 0 bridgehead atoms. The Morgan fingerprint density at radius 1 is 1.25 bits per heavy atom. The lowest BCUT2D eigenvalue weighted by atomic mass is 9.89. The molecule has 1 aliphatic rings. The zero-order valence-corrected chi connectivity index (χ0v) is 10.3. The summed E-state index contributed by atoms with van der Waals surface area (Å²) >= 11 is 0. The zero-order valence-electron chi connectivity index (χ0n) is 10.3. The summed E-state index contributed by atoms with van der Waals surface area (Å²) in [5.41, 5.74) is 1.48. The minimum Gasteiger partial charge on any atom is -0.314 e. The summed E-state index contributed by atoms with van der Waals surface area (Å²) in [6.45, 7) is 3.61. The van der Waals surface area contributed by atoms with Crippen molar-refractivity contribution in [3.05, 3.63) is 35.9 Å². The number of piperidine rings is 1. The van der Waals surface area contributed by atoms with Crippen molar-refractivity contribution in [3.8, 4) is 0 Å². The highest BCUT2D eigenvalue weighted by Gasteiger charge is 2.19. The predicted octanol–water partition coefficient (Wildman–Crippen LogP) is 3.40. The monoisotopic (exact) mass is 217 g/mol. The molecule has 0 radical (unpaired) electrons. The first-order chi connectivity index (χ1) is 7.86. The highest BCUT2D eigenvalue weighted by molar-refractivity contribution is 5.14. The molecule has 1 aliphatic heterocycles. The van der Waals surface area contributed by atoms with Gasteiger partial charge in [-0.25, -0.2) is 0 Å². The van der Waals surface area contributed by atoms with Crippen LogP contribution in [0.1, 0.15) is 38.2 Å². The molecule has 1 aromatic rings. The van der Waals surface area contributed by atoms with E-state index in [-0.39, 0.29) is 0 Å². The molecule has 1 nitrogen and oxygen atoms in total. The first-order valence-electron chi connectivity index (χ1n) is 6.63. The SMILES string of the molecule is CC1CCCNC1CCCc1ccccc1. The largest absolute Gasteiger partial charge is 0.314 e. The van der Waals surface area contributed by atoms with Crippen LogP contribution < -0.4 is 5.32 Å². The van der Waals surface area contributed by atoms with Gasteiger partial charge in [0, 0.05) is 6.04 Å². The second kappa shape index (κ2) is 6.05. The van der Waals surface area contributed by atoms with E-state index < -0.39 is 0 Å². The van der Waals surface area contributed by atoms with Gasteiger partial charge in [-0.1, -0.05) is 37.3 Å². The van der Waals surface area contributed by atoms with Gasteiger partial charge in [0.15, 0.2) is 0 Å². The lowest BCUT2D eigenvalue weighted by Crippen LogP contribution is -2.39. The van der Waals surface area contributed by atoms with Crippen LogP contribution in [0.4, 0.5) is 0 Å². The van der Waals surface area contributed by atoms with E-state index in [1.54, 1.807) is 0 Å².